The van der Waals surface area contributed by atoms with Crippen LogP contribution < -0.4 is 5.73 Å². The summed E-state index contributed by atoms with van der Waals surface area (Å²) < 4.78 is 11.5. The quantitative estimate of drug-likeness (QED) is 0.599. The van der Waals surface area contributed by atoms with E-state index < -0.39 is 13.9 Å². The van der Waals surface area contributed by atoms with E-state index >= 15 is 0 Å². The zero-order valence-electron chi connectivity index (χ0n) is 15.4. The van der Waals surface area contributed by atoms with E-state index in [-0.39, 0.29) is 29.4 Å². The topological polar surface area (TPSA) is 61.5 Å². The predicted molar refractivity (Wildman–Crippen MR) is 90.8 cm³/mol. The van der Waals surface area contributed by atoms with Gasteiger partial charge in [-0.3, -0.25) is 4.79 Å². The first-order valence-corrected chi connectivity index (χ1v) is 10.7. The number of hydrogen-bond acceptors (Lipinski definition) is 4. The van der Waals surface area contributed by atoms with Crippen molar-refractivity contribution >= 4 is 14.3 Å². The third-order valence-electron chi connectivity index (χ3n) is 4.07. The molecule has 0 aromatic carbocycles. The highest BCUT2D eigenvalue weighted by Crippen LogP contribution is 2.36. The highest BCUT2D eigenvalue weighted by molar-refractivity contribution is 6.74. The van der Waals surface area contributed by atoms with E-state index in [9.17, 15) is 4.79 Å². The number of carbonyl (C=O) groups excluding carboxylic acids is 1. The van der Waals surface area contributed by atoms with Crippen LogP contribution in [0.25, 0.3) is 0 Å². The van der Waals surface area contributed by atoms with Crippen molar-refractivity contribution in [1.82, 2.24) is 0 Å². The van der Waals surface area contributed by atoms with Crippen LogP contribution in [0.4, 0.5) is 0 Å². The summed E-state index contributed by atoms with van der Waals surface area (Å²) >= 11 is 0. The maximum Gasteiger partial charge on any atom is 0.307 e. The van der Waals surface area contributed by atoms with Crippen LogP contribution in [-0.4, -0.2) is 32.5 Å². The zero-order chi connectivity index (χ0) is 17.1. The molecule has 0 unspecified atom stereocenters. The van der Waals surface area contributed by atoms with E-state index in [0.29, 0.717) is 6.61 Å². The number of nitrogens with two attached hydrogens (primary N) is 1. The lowest BCUT2D eigenvalue weighted by Gasteiger charge is -2.37. The van der Waals surface area contributed by atoms with Gasteiger partial charge in [-0.15, -0.1) is 0 Å². The van der Waals surface area contributed by atoms with Crippen LogP contribution in [0.15, 0.2) is 0 Å². The Morgan fingerprint density at radius 3 is 2.00 bits per heavy atom. The first-order valence-electron chi connectivity index (χ1n) is 7.77. The Kier molecular flexibility index (Phi) is 7.11. The van der Waals surface area contributed by atoms with Gasteiger partial charge in [-0.1, -0.05) is 27.7 Å². The van der Waals surface area contributed by atoms with Crippen molar-refractivity contribution in [1.29, 1.82) is 0 Å². The summed E-state index contributed by atoms with van der Waals surface area (Å²) in [6, 6.07) is -0.232. The van der Waals surface area contributed by atoms with E-state index in [1.165, 1.54) is 0 Å². The number of carbonyl (C=O) groups is 1. The Labute approximate surface area is 131 Å². The molecule has 0 radical (unpaired) electrons. The van der Waals surface area contributed by atoms with E-state index in [0.717, 1.165) is 0 Å². The van der Waals surface area contributed by atoms with E-state index in [1.807, 2.05) is 27.7 Å². The maximum atomic E-state index is 11.8. The SMILES string of the molecule is C[C@@H](CO[Si](C)(C)C(C)(C)C)[C@@H](N)CC(=O)OC(C)(C)C. The first kappa shape index (κ1) is 20.6. The van der Waals surface area contributed by atoms with Crippen molar-refractivity contribution in [2.24, 2.45) is 11.7 Å². The third kappa shape index (κ3) is 7.98. The standard InChI is InChI=1S/C16H35NO3Si/c1-12(11-19-21(8,9)16(5,6)7)13(17)10-14(18)20-15(2,3)4/h12-13H,10-11,17H2,1-9H3/t12-,13-/m0/s1. The Morgan fingerprint density at radius 1 is 1.14 bits per heavy atom. The van der Waals surface area contributed by atoms with Crippen LogP contribution in [0.5, 0.6) is 0 Å². The summed E-state index contributed by atoms with van der Waals surface area (Å²) in [5, 5.41) is 0.183. The normalized spacial score (nSPS) is 16.5. The molecule has 0 aromatic rings. The summed E-state index contributed by atoms with van der Waals surface area (Å²) in [6.07, 6.45) is 0.235. The molecule has 0 saturated heterocycles. The van der Waals surface area contributed by atoms with Gasteiger partial charge in [0.15, 0.2) is 8.32 Å². The summed E-state index contributed by atoms with van der Waals surface area (Å²) in [7, 11) is -1.76. The number of ether oxygens (including phenoxy) is 1. The van der Waals surface area contributed by atoms with Crippen molar-refractivity contribution in [3.8, 4) is 0 Å². The second-order valence-electron chi connectivity index (χ2n) is 8.50. The van der Waals surface area contributed by atoms with Crippen molar-refractivity contribution in [3.05, 3.63) is 0 Å². The largest absolute Gasteiger partial charge is 0.460 e. The summed E-state index contributed by atoms with van der Waals surface area (Å²) in [5.41, 5.74) is 5.65. The molecule has 0 saturated carbocycles. The molecule has 0 spiro atoms. The fraction of sp³-hybridized carbons (Fsp3) is 0.938. The van der Waals surface area contributed by atoms with Gasteiger partial charge in [0, 0.05) is 12.6 Å². The lowest BCUT2D eigenvalue weighted by molar-refractivity contribution is -0.155. The molecule has 0 aromatic heterocycles. The molecule has 0 heterocycles. The molecule has 5 heteroatoms. The smallest absolute Gasteiger partial charge is 0.307 e. The van der Waals surface area contributed by atoms with Crippen LogP contribution in [0.2, 0.25) is 18.1 Å². The van der Waals surface area contributed by atoms with Gasteiger partial charge in [-0.2, -0.15) is 0 Å². The van der Waals surface area contributed by atoms with E-state index in [1.54, 1.807) is 0 Å². The molecule has 21 heavy (non-hydrogen) atoms. The van der Waals surface area contributed by atoms with Crippen LogP contribution in [0, 0.1) is 5.92 Å². The molecule has 0 aliphatic heterocycles. The minimum atomic E-state index is -1.76. The molecule has 0 aliphatic rings. The molecular weight excluding hydrogens is 282 g/mol. The second kappa shape index (κ2) is 7.25. The lowest BCUT2D eigenvalue weighted by Crippen LogP contribution is -2.44. The molecule has 0 aliphatic carbocycles. The fourth-order valence-corrected chi connectivity index (χ4v) is 2.57. The van der Waals surface area contributed by atoms with Gasteiger partial charge >= 0.3 is 5.97 Å². The highest BCUT2D eigenvalue weighted by Gasteiger charge is 2.37. The van der Waals surface area contributed by atoms with Gasteiger partial charge < -0.3 is 14.9 Å². The maximum absolute atomic E-state index is 11.8. The first-order chi connectivity index (χ1) is 9.16. The Hall–Kier alpha value is -0.393. The van der Waals surface area contributed by atoms with Crippen molar-refractivity contribution in [2.45, 2.75) is 84.7 Å². The van der Waals surface area contributed by atoms with E-state index in [2.05, 4.69) is 33.9 Å². The Bertz CT molecular complexity index is 342. The molecule has 126 valence electrons. The van der Waals surface area contributed by atoms with Gasteiger partial charge in [-0.05, 0) is 44.8 Å². The second-order valence-corrected chi connectivity index (χ2v) is 13.3. The van der Waals surface area contributed by atoms with Gasteiger partial charge in [0.25, 0.3) is 0 Å². The summed E-state index contributed by atoms with van der Waals surface area (Å²) in [5.74, 6) is -0.110. The number of rotatable bonds is 6. The van der Waals surface area contributed by atoms with Gasteiger partial charge in [0.2, 0.25) is 0 Å². The molecule has 0 rings (SSSR count). The highest BCUT2D eigenvalue weighted by atomic mass is 28.4. The minimum Gasteiger partial charge on any atom is -0.460 e. The molecule has 2 N–H and O–H groups in total. The average Bonchev–Trinajstić information content (AvgIpc) is 2.21. The van der Waals surface area contributed by atoms with E-state index in [4.69, 9.17) is 14.9 Å². The summed E-state index contributed by atoms with van der Waals surface area (Å²) in [6.45, 7) is 19.3. The van der Waals surface area contributed by atoms with Crippen molar-refractivity contribution in [3.63, 3.8) is 0 Å². The van der Waals surface area contributed by atoms with Crippen molar-refractivity contribution < 1.29 is 14.0 Å². The molecule has 2 atom stereocenters. The molecule has 0 fully saturated rings. The van der Waals surface area contributed by atoms with Gasteiger partial charge in [-0.25, -0.2) is 0 Å². The molecule has 4 nitrogen and oxygen atoms in total. The van der Waals surface area contributed by atoms with Crippen LogP contribution in [0.3, 0.4) is 0 Å². The average molecular weight is 318 g/mol. The molecular formula is C16H35NO3Si. The third-order valence-corrected chi connectivity index (χ3v) is 8.57. The molecule has 0 bridgehead atoms. The van der Waals surface area contributed by atoms with Gasteiger partial charge in [0.05, 0.1) is 6.42 Å². The van der Waals surface area contributed by atoms with Crippen LogP contribution >= 0.6 is 0 Å². The zero-order valence-corrected chi connectivity index (χ0v) is 16.4. The Morgan fingerprint density at radius 2 is 1.62 bits per heavy atom. The van der Waals surface area contributed by atoms with Gasteiger partial charge in [0.1, 0.15) is 5.60 Å². The Balaban J connectivity index is 4.35. The fourth-order valence-electron chi connectivity index (χ4n) is 1.46. The number of hydrogen-bond donors (Lipinski definition) is 1. The lowest BCUT2D eigenvalue weighted by atomic mass is 10.0. The van der Waals surface area contributed by atoms with Crippen LogP contribution in [-0.2, 0) is 14.0 Å². The number of esters is 1. The molecule has 0 amide bonds. The predicted octanol–water partition coefficient (Wildman–Crippen LogP) is 3.70. The van der Waals surface area contributed by atoms with Crippen LogP contribution in [0.1, 0.15) is 54.9 Å². The summed E-state index contributed by atoms with van der Waals surface area (Å²) in [4.78, 5) is 11.8. The van der Waals surface area contributed by atoms with Crippen molar-refractivity contribution in [2.75, 3.05) is 6.61 Å². The minimum absolute atomic E-state index is 0.131. The monoisotopic (exact) mass is 317 g/mol.